The Morgan fingerprint density at radius 2 is 1.53 bits per heavy atom. The van der Waals surface area contributed by atoms with Gasteiger partial charge >= 0.3 is 0 Å². The molecule has 0 bridgehead atoms. The van der Waals surface area contributed by atoms with E-state index in [0.717, 1.165) is 22.5 Å². The minimum absolute atomic E-state index is 0.0834. The van der Waals surface area contributed by atoms with Crippen molar-refractivity contribution in [2.75, 3.05) is 0 Å². The first-order chi connectivity index (χ1) is 8.06. The Bertz CT molecular complexity index is 526. The first-order valence-corrected chi connectivity index (χ1v) is 5.69. The van der Waals surface area contributed by atoms with Gasteiger partial charge in [0.05, 0.1) is 11.4 Å². The Morgan fingerprint density at radius 3 is 2.06 bits per heavy atom. The number of Topliss-reactive ketones (excluding diaryl/α,β-unsaturated/α-hetero) is 1. The van der Waals surface area contributed by atoms with Gasteiger partial charge in [-0.15, -0.1) is 0 Å². The summed E-state index contributed by atoms with van der Waals surface area (Å²) in [6.45, 7) is 3.60. The summed E-state index contributed by atoms with van der Waals surface area (Å²) in [5.74, 6) is 0.0834. The zero-order chi connectivity index (χ0) is 12.4. The van der Waals surface area contributed by atoms with Crippen LogP contribution in [0.1, 0.15) is 13.8 Å². The second-order valence-corrected chi connectivity index (χ2v) is 4.43. The van der Waals surface area contributed by atoms with E-state index >= 15 is 0 Å². The average molecular weight is 246 g/mol. The summed E-state index contributed by atoms with van der Waals surface area (Å²) in [7, 11) is 0. The topological polar surface area (TPSA) is 29.4 Å². The Morgan fingerprint density at radius 1 is 1.00 bits per heavy atom. The summed E-state index contributed by atoms with van der Waals surface area (Å²) < 4.78 is 0. The molecular formula is C14H12ClNO. The van der Waals surface area contributed by atoms with Crippen molar-refractivity contribution >= 4 is 28.8 Å². The van der Waals surface area contributed by atoms with Crippen LogP contribution in [0.3, 0.4) is 0 Å². The fourth-order valence-electron chi connectivity index (χ4n) is 1.66. The highest BCUT2D eigenvalue weighted by Crippen LogP contribution is 2.19. The number of hydrogen-bond acceptors (Lipinski definition) is 2. The lowest BCUT2D eigenvalue weighted by Crippen LogP contribution is -2.10. The molecular weight excluding hydrogens is 234 g/mol. The number of carbonyl (C=O) groups is 1. The molecule has 0 aromatic heterocycles. The molecule has 3 heteroatoms. The number of nitrogens with zero attached hydrogens (tertiary/aromatic N) is 1. The fourth-order valence-corrected chi connectivity index (χ4v) is 1.78. The minimum atomic E-state index is 0.0834. The molecule has 1 aromatic carbocycles. The Balaban J connectivity index is 2.35. The maximum absolute atomic E-state index is 11.6. The molecule has 1 aromatic rings. The van der Waals surface area contributed by atoms with Crippen molar-refractivity contribution in [3.05, 3.63) is 52.6 Å². The molecule has 0 unspecified atom stereocenters. The zero-order valence-electron chi connectivity index (χ0n) is 9.70. The van der Waals surface area contributed by atoms with E-state index in [2.05, 4.69) is 4.99 Å². The molecule has 0 radical (unpaired) electrons. The lowest BCUT2D eigenvalue weighted by atomic mass is 9.98. The monoisotopic (exact) mass is 245 g/mol. The number of ketones is 1. The van der Waals surface area contributed by atoms with E-state index in [-0.39, 0.29) is 5.78 Å². The van der Waals surface area contributed by atoms with Crippen LogP contribution in [0.5, 0.6) is 0 Å². The summed E-state index contributed by atoms with van der Waals surface area (Å²) in [5, 5.41) is 0.686. The number of allylic oxidation sites excluding steroid dienone is 4. The summed E-state index contributed by atoms with van der Waals surface area (Å²) in [5.41, 5.74) is 3.06. The van der Waals surface area contributed by atoms with Crippen molar-refractivity contribution in [1.29, 1.82) is 0 Å². The number of aliphatic imine (C=N–C) groups is 1. The van der Waals surface area contributed by atoms with Crippen molar-refractivity contribution in [2.24, 2.45) is 4.99 Å². The van der Waals surface area contributed by atoms with Gasteiger partial charge in [-0.1, -0.05) is 11.6 Å². The van der Waals surface area contributed by atoms with Crippen molar-refractivity contribution in [2.45, 2.75) is 13.8 Å². The third-order valence-electron chi connectivity index (χ3n) is 2.53. The number of halogens is 1. The molecule has 0 saturated carbocycles. The Labute approximate surface area is 105 Å². The van der Waals surface area contributed by atoms with E-state index < -0.39 is 0 Å². The number of carbonyl (C=O) groups excluding carboxylic acids is 1. The van der Waals surface area contributed by atoms with Gasteiger partial charge in [0.15, 0.2) is 5.78 Å². The van der Waals surface area contributed by atoms with Crippen LogP contribution in [-0.4, -0.2) is 11.5 Å². The third kappa shape index (κ3) is 2.71. The highest BCUT2D eigenvalue weighted by Gasteiger charge is 2.13. The Hall–Kier alpha value is -1.67. The molecule has 0 N–H and O–H groups in total. The summed E-state index contributed by atoms with van der Waals surface area (Å²) >= 11 is 5.80. The van der Waals surface area contributed by atoms with Crippen LogP contribution in [0, 0.1) is 0 Å². The average Bonchev–Trinajstić information content (AvgIpc) is 2.29. The van der Waals surface area contributed by atoms with Crippen LogP contribution in [0.25, 0.3) is 0 Å². The first-order valence-electron chi connectivity index (χ1n) is 5.32. The van der Waals surface area contributed by atoms with Crippen molar-refractivity contribution < 1.29 is 4.79 Å². The second-order valence-electron chi connectivity index (χ2n) is 4.00. The van der Waals surface area contributed by atoms with E-state index in [9.17, 15) is 4.79 Å². The molecule has 0 amide bonds. The van der Waals surface area contributed by atoms with Gasteiger partial charge in [-0.3, -0.25) is 4.79 Å². The largest absolute Gasteiger partial charge is 0.289 e. The van der Waals surface area contributed by atoms with Crippen molar-refractivity contribution in [1.82, 2.24) is 0 Å². The molecule has 17 heavy (non-hydrogen) atoms. The van der Waals surface area contributed by atoms with Crippen LogP contribution < -0.4 is 0 Å². The van der Waals surface area contributed by atoms with E-state index in [1.807, 2.05) is 12.1 Å². The molecule has 2 nitrogen and oxygen atoms in total. The molecule has 0 atom stereocenters. The maximum Gasteiger partial charge on any atom is 0.184 e. The van der Waals surface area contributed by atoms with Crippen molar-refractivity contribution in [3.8, 4) is 0 Å². The molecule has 0 spiro atoms. The van der Waals surface area contributed by atoms with Gasteiger partial charge in [-0.2, -0.15) is 0 Å². The SMILES string of the molecule is CC1=CC(=Nc2ccc(Cl)cc2)C=C(C)C1=O. The summed E-state index contributed by atoms with van der Waals surface area (Å²) in [6.07, 6.45) is 3.59. The van der Waals surface area contributed by atoms with E-state index in [1.54, 1.807) is 38.1 Å². The highest BCUT2D eigenvalue weighted by molar-refractivity contribution is 6.30. The van der Waals surface area contributed by atoms with Gasteiger partial charge in [0.25, 0.3) is 0 Å². The predicted molar refractivity (Wildman–Crippen MR) is 71.1 cm³/mol. The van der Waals surface area contributed by atoms with Crippen molar-refractivity contribution in [3.63, 3.8) is 0 Å². The molecule has 86 valence electrons. The van der Waals surface area contributed by atoms with E-state index in [4.69, 9.17) is 11.6 Å². The second kappa shape index (κ2) is 4.68. The number of rotatable bonds is 1. The van der Waals surface area contributed by atoms with Gasteiger partial charge in [-0.05, 0) is 61.4 Å². The molecule has 0 aliphatic heterocycles. The van der Waals surface area contributed by atoms with Gasteiger partial charge < -0.3 is 0 Å². The minimum Gasteiger partial charge on any atom is -0.289 e. The fraction of sp³-hybridized carbons (Fsp3) is 0.143. The third-order valence-corrected chi connectivity index (χ3v) is 2.78. The van der Waals surface area contributed by atoms with Crippen LogP contribution in [-0.2, 0) is 4.79 Å². The van der Waals surface area contributed by atoms with Crippen LogP contribution in [0.2, 0.25) is 5.02 Å². The zero-order valence-corrected chi connectivity index (χ0v) is 10.5. The molecule has 1 aliphatic rings. The van der Waals surface area contributed by atoms with E-state index in [0.29, 0.717) is 5.02 Å². The smallest absolute Gasteiger partial charge is 0.184 e. The van der Waals surface area contributed by atoms with Gasteiger partial charge in [-0.25, -0.2) is 4.99 Å². The molecule has 0 heterocycles. The quantitative estimate of drug-likeness (QED) is 0.691. The molecule has 0 fully saturated rings. The van der Waals surface area contributed by atoms with Crippen LogP contribution >= 0.6 is 11.6 Å². The number of hydrogen-bond donors (Lipinski definition) is 0. The lowest BCUT2D eigenvalue weighted by Gasteiger charge is -2.08. The summed E-state index contributed by atoms with van der Waals surface area (Å²) in [6, 6.07) is 7.28. The lowest BCUT2D eigenvalue weighted by molar-refractivity contribution is -0.112. The molecule has 1 aliphatic carbocycles. The van der Waals surface area contributed by atoms with E-state index in [1.165, 1.54) is 0 Å². The molecule has 2 rings (SSSR count). The van der Waals surface area contributed by atoms with Crippen LogP contribution in [0.15, 0.2) is 52.6 Å². The number of benzene rings is 1. The predicted octanol–water partition coefficient (Wildman–Crippen LogP) is 3.89. The highest BCUT2D eigenvalue weighted by atomic mass is 35.5. The van der Waals surface area contributed by atoms with Gasteiger partial charge in [0.2, 0.25) is 0 Å². The van der Waals surface area contributed by atoms with Crippen LogP contribution in [0.4, 0.5) is 5.69 Å². The molecule has 0 saturated heterocycles. The standard InChI is InChI=1S/C14H12ClNO/c1-9-7-13(8-10(2)14(9)17)16-12-5-3-11(15)4-6-12/h3-8H,1-2H3. The van der Waals surface area contributed by atoms with Gasteiger partial charge in [0, 0.05) is 5.02 Å². The first kappa shape index (κ1) is 11.8. The normalized spacial score (nSPS) is 15.5. The van der Waals surface area contributed by atoms with Gasteiger partial charge in [0.1, 0.15) is 0 Å². The maximum atomic E-state index is 11.6. The Kier molecular flexibility index (Phi) is 3.25. The summed E-state index contributed by atoms with van der Waals surface area (Å²) in [4.78, 5) is 16.0.